The standard InChI is InChI=1S/C15H21N5OS/c1-3-20(12-4-5-12)7-6-16-14(21)13-10-22-15(18-13)11-8-17-19(2)9-11/h8-10,12H,3-7H2,1-2H3,(H,16,21). The van der Waals surface area contributed by atoms with Gasteiger partial charge in [-0.1, -0.05) is 6.92 Å². The highest BCUT2D eigenvalue weighted by molar-refractivity contribution is 7.13. The Morgan fingerprint density at radius 3 is 3.00 bits per heavy atom. The van der Waals surface area contributed by atoms with Crippen molar-refractivity contribution in [1.29, 1.82) is 0 Å². The minimum atomic E-state index is -0.0989. The summed E-state index contributed by atoms with van der Waals surface area (Å²) >= 11 is 1.47. The molecule has 22 heavy (non-hydrogen) atoms. The number of hydrogen-bond donors (Lipinski definition) is 1. The van der Waals surface area contributed by atoms with Crippen LogP contribution in [-0.4, -0.2) is 51.2 Å². The van der Waals surface area contributed by atoms with Crippen molar-refractivity contribution in [2.75, 3.05) is 19.6 Å². The summed E-state index contributed by atoms with van der Waals surface area (Å²) in [6, 6.07) is 0.735. The number of nitrogens with zero attached hydrogens (tertiary/aromatic N) is 4. The van der Waals surface area contributed by atoms with Gasteiger partial charge in [-0.15, -0.1) is 11.3 Å². The van der Waals surface area contributed by atoms with Crippen molar-refractivity contribution in [2.45, 2.75) is 25.8 Å². The zero-order chi connectivity index (χ0) is 15.5. The summed E-state index contributed by atoms with van der Waals surface area (Å²) in [6.07, 6.45) is 6.25. The van der Waals surface area contributed by atoms with E-state index in [0.29, 0.717) is 12.2 Å². The predicted molar refractivity (Wildman–Crippen MR) is 86.9 cm³/mol. The number of rotatable bonds is 7. The van der Waals surface area contributed by atoms with Gasteiger partial charge in [0.15, 0.2) is 0 Å². The van der Waals surface area contributed by atoms with Crippen LogP contribution < -0.4 is 5.32 Å². The van der Waals surface area contributed by atoms with Gasteiger partial charge in [0.05, 0.1) is 6.20 Å². The molecule has 0 unspecified atom stereocenters. The van der Waals surface area contributed by atoms with Gasteiger partial charge >= 0.3 is 0 Å². The van der Waals surface area contributed by atoms with Crippen molar-refractivity contribution in [3.63, 3.8) is 0 Å². The second kappa shape index (κ2) is 6.58. The molecular weight excluding hydrogens is 298 g/mol. The lowest BCUT2D eigenvalue weighted by atomic mass is 10.4. The van der Waals surface area contributed by atoms with E-state index in [-0.39, 0.29) is 5.91 Å². The SMILES string of the molecule is CCN(CCNC(=O)c1csc(-c2cnn(C)c2)n1)C1CC1. The molecule has 2 aromatic rings. The maximum Gasteiger partial charge on any atom is 0.270 e. The maximum absolute atomic E-state index is 12.1. The quantitative estimate of drug-likeness (QED) is 0.844. The van der Waals surface area contributed by atoms with E-state index in [1.165, 1.54) is 24.2 Å². The fourth-order valence-electron chi connectivity index (χ4n) is 2.48. The van der Waals surface area contributed by atoms with Crippen LogP contribution in [0.1, 0.15) is 30.3 Å². The van der Waals surface area contributed by atoms with Gasteiger partial charge in [0.1, 0.15) is 10.7 Å². The van der Waals surface area contributed by atoms with Crippen molar-refractivity contribution in [1.82, 2.24) is 25.0 Å². The Bertz CT molecular complexity index is 646. The number of hydrogen-bond acceptors (Lipinski definition) is 5. The highest BCUT2D eigenvalue weighted by Gasteiger charge is 2.27. The van der Waals surface area contributed by atoms with Crippen molar-refractivity contribution < 1.29 is 4.79 Å². The second-order valence-electron chi connectivity index (χ2n) is 5.56. The van der Waals surface area contributed by atoms with E-state index in [9.17, 15) is 4.79 Å². The maximum atomic E-state index is 12.1. The van der Waals surface area contributed by atoms with Crippen LogP contribution in [-0.2, 0) is 7.05 Å². The minimum Gasteiger partial charge on any atom is -0.349 e. The molecule has 0 atom stereocenters. The molecule has 2 aromatic heterocycles. The Labute approximate surface area is 134 Å². The van der Waals surface area contributed by atoms with Crippen LogP contribution in [0.5, 0.6) is 0 Å². The van der Waals surface area contributed by atoms with Gasteiger partial charge in [-0.3, -0.25) is 14.4 Å². The Morgan fingerprint density at radius 1 is 1.55 bits per heavy atom. The molecular formula is C15H21N5OS. The molecule has 1 amide bonds. The third-order valence-corrected chi connectivity index (χ3v) is 4.73. The molecule has 0 aromatic carbocycles. The molecule has 0 bridgehead atoms. The number of amides is 1. The van der Waals surface area contributed by atoms with Crippen LogP contribution in [0.15, 0.2) is 17.8 Å². The largest absolute Gasteiger partial charge is 0.349 e. The molecule has 0 radical (unpaired) electrons. The zero-order valence-corrected chi connectivity index (χ0v) is 13.8. The first-order valence-corrected chi connectivity index (χ1v) is 8.52. The molecule has 7 heteroatoms. The van der Waals surface area contributed by atoms with E-state index in [0.717, 1.165) is 29.7 Å². The topological polar surface area (TPSA) is 63.1 Å². The summed E-state index contributed by atoms with van der Waals surface area (Å²) in [5.41, 5.74) is 1.43. The van der Waals surface area contributed by atoms with Crippen LogP contribution in [0.2, 0.25) is 0 Å². The lowest BCUT2D eigenvalue weighted by Gasteiger charge is -2.19. The highest BCUT2D eigenvalue weighted by Crippen LogP contribution is 2.26. The van der Waals surface area contributed by atoms with Crippen LogP contribution >= 0.6 is 11.3 Å². The van der Waals surface area contributed by atoms with E-state index in [1.807, 2.05) is 13.2 Å². The van der Waals surface area contributed by atoms with E-state index in [2.05, 4.69) is 27.2 Å². The number of thiazole rings is 1. The second-order valence-corrected chi connectivity index (χ2v) is 6.41. The number of aryl methyl sites for hydroxylation is 1. The van der Waals surface area contributed by atoms with Gasteiger partial charge in [-0.05, 0) is 19.4 Å². The summed E-state index contributed by atoms with van der Waals surface area (Å²) in [6.45, 7) is 4.79. The fourth-order valence-corrected chi connectivity index (χ4v) is 3.26. The van der Waals surface area contributed by atoms with Crippen molar-refractivity contribution in [2.24, 2.45) is 7.05 Å². The van der Waals surface area contributed by atoms with E-state index >= 15 is 0 Å². The first kappa shape index (κ1) is 15.2. The van der Waals surface area contributed by atoms with Crippen LogP contribution in [0.3, 0.4) is 0 Å². The van der Waals surface area contributed by atoms with Gasteiger partial charge in [0.2, 0.25) is 0 Å². The van der Waals surface area contributed by atoms with Crippen LogP contribution in [0.4, 0.5) is 0 Å². The van der Waals surface area contributed by atoms with E-state index in [1.54, 1.807) is 16.3 Å². The van der Waals surface area contributed by atoms with Crippen molar-refractivity contribution >= 4 is 17.2 Å². The van der Waals surface area contributed by atoms with Gasteiger partial charge in [-0.25, -0.2) is 4.98 Å². The molecule has 0 saturated heterocycles. The molecule has 118 valence electrons. The van der Waals surface area contributed by atoms with Gasteiger partial charge in [-0.2, -0.15) is 5.10 Å². The molecule has 3 rings (SSSR count). The van der Waals surface area contributed by atoms with Crippen LogP contribution in [0.25, 0.3) is 10.6 Å². The Morgan fingerprint density at radius 2 is 2.36 bits per heavy atom. The van der Waals surface area contributed by atoms with Gasteiger partial charge in [0.25, 0.3) is 5.91 Å². The van der Waals surface area contributed by atoms with Gasteiger partial charge in [0, 0.05) is 43.3 Å². The zero-order valence-electron chi connectivity index (χ0n) is 13.0. The Balaban J connectivity index is 1.53. The third kappa shape index (κ3) is 3.53. The first-order valence-electron chi connectivity index (χ1n) is 7.64. The van der Waals surface area contributed by atoms with E-state index in [4.69, 9.17) is 0 Å². The lowest BCUT2D eigenvalue weighted by Crippen LogP contribution is -2.36. The molecule has 1 saturated carbocycles. The smallest absolute Gasteiger partial charge is 0.270 e. The molecule has 1 aliphatic carbocycles. The summed E-state index contributed by atoms with van der Waals surface area (Å²) < 4.78 is 1.73. The average Bonchev–Trinajstić information content (AvgIpc) is 3.06. The summed E-state index contributed by atoms with van der Waals surface area (Å²) in [7, 11) is 1.87. The number of likely N-dealkylation sites (N-methyl/N-ethyl adjacent to an activating group) is 1. The molecule has 1 aliphatic rings. The summed E-state index contributed by atoms with van der Waals surface area (Å²) in [4.78, 5) is 19.0. The first-order chi connectivity index (χ1) is 10.7. The lowest BCUT2D eigenvalue weighted by molar-refractivity contribution is 0.0943. The number of carbonyl (C=O) groups excluding carboxylic acids is 1. The molecule has 1 fully saturated rings. The molecule has 1 N–H and O–H groups in total. The average molecular weight is 319 g/mol. The number of nitrogens with one attached hydrogen (secondary N) is 1. The van der Waals surface area contributed by atoms with E-state index < -0.39 is 0 Å². The van der Waals surface area contributed by atoms with Crippen molar-refractivity contribution in [3.05, 3.63) is 23.5 Å². The van der Waals surface area contributed by atoms with Crippen molar-refractivity contribution in [3.8, 4) is 10.6 Å². The van der Waals surface area contributed by atoms with Crippen LogP contribution in [0, 0.1) is 0 Å². The Hall–Kier alpha value is -1.73. The molecule has 6 nitrogen and oxygen atoms in total. The summed E-state index contributed by atoms with van der Waals surface area (Å²) in [5, 5.41) is 9.71. The molecule has 0 spiro atoms. The highest BCUT2D eigenvalue weighted by atomic mass is 32.1. The number of aromatic nitrogens is 3. The third-order valence-electron chi connectivity index (χ3n) is 3.84. The van der Waals surface area contributed by atoms with Gasteiger partial charge < -0.3 is 5.32 Å². The summed E-state index contributed by atoms with van der Waals surface area (Å²) in [5.74, 6) is -0.0989. The molecule has 2 heterocycles. The molecule has 0 aliphatic heterocycles. The minimum absolute atomic E-state index is 0.0989. The Kier molecular flexibility index (Phi) is 4.54. The predicted octanol–water partition coefficient (Wildman–Crippen LogP) is 1.76. The fraction of sp³-hybridized carbons (Fsp3) is 0.533. The normalized spacial score (nSPS) is 14.5. The monoisotopic (exact) mass is 319 g/mol. The number of carbonyl (C=O) groups is 1.